The van der Waals surface area contributed by atoms with Crippen molar-refractivity contribution in [3.63, 3.8) is 0 Å². The van der Waals surface area contributed by atoms with Crippen LogP contribution in [0.2, 0.25) is 0 Å². The van der Waals surface area contributed by atoms with Gasteiger partial charge in [-0.05, 0) is 24.3 Å². The number of carbonyl (C=O) groups excluding carboxylic acids is 1. The van der Waals surface area contributed by atoms with Gasteiger partial charge in [-0.15, -0.1) is 0 Å². The number of halogens is 2. The number of anilines is 1. The van der Waals surface area contributed by atoms with Crippen molar-refractivity contribution < 1.29 is 26.7 Å². The molecule has 27 heavy (non-hydrogen) atoms. The summed E-state index contributed by atoms with van der Waals surface area (Å²) < 4.78 is 57.6. The molecule has 0 aliphatic heterocycles. The molecule has 0 atom stereocenters. The van der Waals surface area contributed by atoms with E-state index in [1.807, 2.05) is 0 Å². The lowest BCUT2D eigenvalue weighted by atomic mass is 10.3. The molecule has 0 unspecified atom stereocenters. The Kier molecular flexibility index (Phi) is 6.87. The van der Waals surface area contributed by atoms with Gasteiger partial charge in [0.1, 0.15) is 24.0 Å². The second-order valence-corrected chi connectivity index (χ2v) is 7.05. The lowest BCUT2D eigenvalue weighted by Gasteiger charge is -2.06. The number of benzene rings is 2. The number of hydrogen-bond acceptors (Lipinski definition) is 4. The minimum absolute atomic E-state index is 0.0140. The van der Waals surface area contributed by atoms with Gasteiger partial charge in [0.05, 0.1) is 11.4 Å². The number of rotatable bonds is 6. The van der Waals surface area contributed by atoms with Crippen LogP contribution >= 0.6 is 0 Å². The van der Waals surface area contributed by atoms with Crippen molar-refractivity contribution in [3.05, 3.63) is 54.1 Å². The van der Waals surface area contributed by atoms with E-state index in [1.165, 1.54) is 6.92 Å². The molecule has 2 aromatic rings. The topological polar surface area (TPSA) is 84.5 Å². The molecule has 0 aliphatic carbocycles. The average Bonchev–Trinajstić information content (AvgIpc) is 2.57. The average molecular weight is 394 g/mol. The van der Waals surface area contributed by atoms with Crippen molar-refractivity contribution in [2.24, 2.45) is 0 Å². The molecule has 0 heterocycles. The fraction of sp³-hybridized carbons (Fsp3) is 0.167. The van der Waals surface area contributed by atoms with Gasteiger partial charge in [0, 0.05) is 24.7 Å². The number of ether oxygens (including phenoxy) is 1. The van der Waals surface area contributed by atoms with Gasteiger partial charge in [0.25, 0.3) is 0 Å². The van der Waals surface area contributed by atoms with Crippen LogP contribution in [0.15, 0.2) is 47.4 Å². The van der Waals surface area contributed by atoms with E-state index in [0.29, 0.717) is 29.6 Å². The number of carbonyl (C=O) groups is 1. The monoisotopic (exact) mass is 394 g/mol. The maximum Gasteiger partial charge on any atom is 0.241 e. The second-order valence-electron chi connectivity index (χ2n) is 5.28. The van der Waals surface area contributed by atoms with Crippen LogP contribution in [0.1, 0.15) is 6.92 Å². The molecule has 0 fully saturated rings. The van der Waals surface area contributed by atoms with Crippen molar-refractivity contribution in [3.8, 4) is 17.6 Å². The van der Waals surface area contributed by atoms with Gasteiger partial charge in [-0.1, -0.05) is 17.9 Å². The normalized spacial score (nSPS) is 10.6. The third-order valence-electron chi connectivity index (χ3n) is 3.09. The Morgan fingerprint density at radius 2 is 1.81 bits per heavy atom. The Labute approximate surface area is 155 Å². The minimum Gasteiger partial charge on any atom is -0.481 e. The van der Waals surface area contributed by atoms with E-state index >= 15 is 0 Å². The van der Waals surface area contributed by atoms with Gasteiger partial charge in [-0.2, -0.15) is 4.72 Å². The zero-order valence-electron chi connectivity index (χ0n) is 14.3. The quantitative estimate of drug-likeness (QED) is 0.737. The largest absolute Gasteiger partial charge is 0.481 e. The Bertz CT molecular complexity index is 978. The molecule has 142 valence electrons. The van der Waals surface area contributed by atoms with Gasteiger partial charge in [-0.25, -0.2) is 17.2 Å². The van der Waals surface area contributed by atoms with E-state index in [1.54, 1.807) is 24.3 Å². The molecule has 2 N–H and O–H groups in total. The van der Waals surface area contributed by atoms with Crippen molar-refractivity contribution >= 4 is 21.6 Å². The van der Waals surface area contributed by atoms with Crippen LogP contribution in [0.5, 0.6) is 5.75 Å². The molecule has 0 bridgehead atoms. The summed E-state index contributed by atoms with van der Waals surface area (Å²) in [6.45, 7) is 1.12. The lowest BCUT2D eigenvalue weighted by Crippen LogP contribution is -2.24. The number of hydrogen-bond donors (Lipinski definition) is 2. The number of sulfonamides is 1. The first-order chi connectivity index (χ1) is 12.8. The van der Waals surface area contributed by atoms with Gasteiger partial charge < -0.3 is 10.1 Å². The highest BCUT2D eigenvalue weighted by molar-refractivity contribution is 7.89. The maximum atomic E-state index is 13.1. The molecule has 0 radical (unpaired) electrons. The molecule has 9 heteroatoms. The number of nitrogens with one attached hydrogen (secondary N) is 2. The van der Waals surface area contributed by atoms with Crippen molar-refractivity contribution in [1.82, 2.24) is 4.72 Å². The fourth-order valence-electron chi connectivity index (χ4n) is 2.00. The smallest absolute Gasteiger partial charge is 0.241 e. The summed E-state index contributed by atoms with van der Waals surface area (Å²) >= 11 is 0. The van der Waals surface area contributed by atoms with Crippen LogP contribution in [0.3, 0.4) is 0 Å². The molecule has 0 aliphatic rings. The highest BCUT2D eigenvalue weighted by Crippen LogP contribution is 2.17. The van der Waals surface area contributed by atoms with Crippen LogP contribution in [-0.4, -0.2) is 27.5 Å². The van der Waals surface area contributed by atoms with Crippen molar-refractivity contribution in [2.75, 3.05) is 18.5 Å². The van der Waals surface area contributed by atoms with E-state index in [2.05, 4.69) is 21.9 Å². The van der Waals surface area contributed by atoms with E-state index in [-0.39, 0.29) is 19.1 Å². The van der Waals surface area contributed by atoms with E-state index in [0.717, 1.165) is 0 Å². The maximum absolute atomic E-state index is 13.1. The van der Waals surface area contributed by atoms with Gasteiger partial charge in [-0.3, -0.25) is 4.79 Å². The third-order valence-corrected chi connectivity index (χ3v) is 4.47. The SMILES string of the molecule is CC(=O)Nc1cccc(OCC#CCNS(=O)(=O)c2cc(F)cc(F)c2)c1. The first-order valence-electron chi connectivity index (χ1n) is 7.68. The Hall–Kier alpha value is -2.96. The lowest BCUT2D eigenvalue weighted by molar-refractivity contribution is -0.114. The van der Waals surface area contributed by atoms with Crippen molar-refractivity contribution in [2.45, 2.75) is 11.8 Å². The van der Waals surface area contributed by atoms with Crippen LogP contribution in [-0.2, 0) is 14.8 Å². The summed E-state index contributed by atoms with van der Waals surface area (Å²) in [6, 6.07) is 8.69. The van der Waals surface area contributed by atoms with Crippen molar-refractivity contribution in [1.29, 1.82) is 0 Å². The second kappa shape index (κ2) is 9.12. The molecule has 0 spiro atoms. The van der Waals surface area contributed by atoms with E-state index in [4.69, 9.17) is 4.74 Å². The standard InChI is InChI=1S/C18H16F2N2O4S/c1-13(23)22-16-5-4-6-17(12-16)26-8-3-2-7-21-27(24,25)18-10-14(19)9-15(20)11-18/h4-6,9-12,21H,7-8H2,1H3,(H,22,23). The summed E-state index contributed by atoms with van der Waals surface area (Å²) in [5.74, 6) is 3.43. The minimum atomic E-state index is -4.08. The van der Waals surface area contributed by atoms with Gasteiger partial charge in [0.15, 0.2) is 0 Å². The summed E-state index contributed by atoms with van der Waals surface area (Å²) in [5, 5.41) is 2.61. The molecule has 0 saturated heterocycles. The Morgan fingerprint density at radius 3 is 2.48 bits per heavy atom. The molecule has 2 rings (SSSR count). The Morgan fingerprint density at radius 1 is 1.11 bits per heavy atom. The highest BCUT2D eigenvalue weighted by Gasteiger charge is 2.15. The predicted octanol–water partition coefficient (Wildman–Crippen LogP) is 2.28. The molecule has 6 nitrogen and oxygen atoms in total. The van der Waals surface area contributed by atoms with Gasteiger partial charge >= 0.3 is 0 Å². The van der Waals surface area contributed by atoms with Crippen LogP contribution in [0.4, 0.5) is 14.5 Å². The molecular formula is C18H16F2N2O4S. The van der Waals surface area contributed by atoms with Gasteiger partial charge in [0.2, 0.25) is 15.9 Å². The Balaban J connectivity index is 1.86. The first-order valence-corrected chi connectivity index (χ1v) is 9.16. The molecule has 0 saturated carbocycles. The molecule has 1 amide bonds. The van der Waals surface area contributed by atoms with Crippen LogP contribution in [0.25, 0.3) is 0 Å². The summed E-state index contributed by atoms with van der Waals surface area (Å²) in [4.78, 5) is 10.5. The zero-order valence-corrected chi connectivity index (χ0v) is 15.1. The molecular weight excluding hydrogens is 378 g/mol. The summed E-state index contributed by atoms with van der Waals surface area (Å²) in [6.07, 6.45) is 0. The predicted molar refractivity (Wildman–Crippen MR) is 95.6 cm³/mol. The van der Waals surface area contributed by atoms with Crippen LogP contribution in [0, 0.1) is 23.5 Å². The summed E-state index contributed by atoms with van der Waals surface area (Å²) in [5.41, 5.74) is 0.572. The van der Waals surface area contributed by atoms with E-state index < -0.39 is 26.6 Å². The summed E-state index contributed by atoms with van der Waals surface area (Å²) in [7, 11) is -4.08. The third kappa shape index (κ3) is 6.69. The molecule has 2 aromatic carbocycles. The zero-order chi connectivity index (χ0) is 19.9. The highest BCUT2D eigenvalue weighted by atomic mass is 32.2. The van der Waals surface area contributed by atoms with Crippen LogP contribution < -0.4 is 14.8 Å². The molecule has 0 aromatic heterocycles. The number of amides is 1. The first kappa shape index (κ1) is 20.4. The fourth-order valence-corrected chi connectivity index (χ4v) is 2.96. The van der Waals surface area contributed by atoms with E-state index in [9.17, 15) is 22.0 Å².